The van der Waals surface area contributed by atoms with E-state index in [9.17, 15) is 14.3 Å². The zero-order valence-corrected chi connectivity index (χ0v) is 10.5. The molecule has 1 aromatic carbocycles. The highest BCUT2D eigenvalue weighted by Crippen LogP contribution is 2.15. The van der Waals surface area contributed by atoms with Gasteiger partial charge in [0, 0.05) is 11.6 Å². The summed E-state index contributed by atoms with van der Waals surface area (Å²) in [4.78, 5) is 11.7. The molecule has 1 unspecified atom stereocenters. The third-order valence-corrected chi connectivity index (χ3v) is 2.80. The highest BCUT2D eigenvalue weighted by atomic mass is 35.5. The standard InChI is InChI=1S/C12H15ClFNO2/c1-3-12(2,17)7-15-11(16)9-6-8(13)4-5-10(9)14/h4-6,17H,3,7H2,1-2H3,(H,15,16). The molecular formula is C12H15ClFNO2. The van der Waals surface area contributed by atoms with Crippen molar-refractivity contribution in [2.75, 3.05) is 6.54 Å². The molecule has 0 heterocycles. The third-order valence-electron chi connectivity index (χ3n) is 2.56. The van der Waals surface area contributed by atoms with Crippen LogP contribution in [0.4, 0.5) is 4.39 Å². The van der Waals surface area contributed by atoms with E-state index >= 15 is 0 Å². The average Bonchev–Trinajstić information content (AvgIpc) is 2.29. The van der Waals surface area contributed by atoms with Crippen molar-refractivity contribution in [2.24, 2.45) is 0 Å². The van der Waals surface area contributed by atoms with Gasteiger partial charge in [0.2, 0.25) is 0 Å². The molecule has 0 bridgehead atoms. The van der Waals surface area contributed by atoms with Crippen molar-refractivity contribution in [1.29, 1.82) is 0 Å². The molecule has 0 aliphatic carbocycles. The third kappa shape index (κ3) is 3.98. The Kier molecular flexibility index (Phi) is 4.48. The summed E-state index contributed by atoms with van der Waals surface area (Å²) in [5.74, 6) is -1.22. The summed E-state index contributed by atoms with van der Waals surface area (Å²) < 4.78 is 13.3. The van der Waals surface area contributed by atoms with E-state index in [1.54, 1.807) is 13.8 Å². The van der Waals surface area contributed by atoms with Gasteiger partial charge in [0.1, 0.15) is 5.82 Å². The zero-order chi connectivity index (χ0) is 13.1. The maximum absolute atomic E-state index is 13.3. The Hall–Kier alpha value is -1.13. The molecule has 0 fully saturated rings. The molecule has 0 spiro atoms. The Labute approximate surface area is 105 Å². The van der Waals surface area contributed by atoms with Gasteiger partial charge < -0.3 is 10.4 Å². The summed E-state index contributed by atoms with van der Waals surface area (Å²) in [5, 5.41) is 12.5. The van der Waals surface area contributed by atoms with Gasteiger partial charge in [-0.2, -0.15) is 0 Å². The van der Waals surface area contributed by atoms with Gasteiger partial charge >= 0.3 is 0 Å². The number of nitrogens with one attached hydrogen (secondary N) is 1. The average molecular weight is 260 g/mol. The second-order valence-corrected chi connectivity index (χ2v) is 4.59. The van der Waals surface area contributed by atoms with Gasteiger partial charge in [-0.15, -0.1) is 0 Å². The molecule has 0 saturated heterocycles. The lowest BCUT2D eigenvalue weighted by atomic mass is 10.0. The van der Waals surface area contributed by atoms with E-state index in [1.807, 2.05) is 0 Å². The van der Waals surface area contributed by atoms with Crippen molar-refractivity contribution in [2.45, 2.75) is 25.9 Å². The van der Waals surface area contributed by atoms with Crippen molar-refractivity contribution >= 4 is 17.5 Å². The van der Waals surface area contributed by atoms with E-state index in [0.29, 0.717) is 11.4 Å². The first kappa shape index (κ1) is 13.9. The largest absolute Gasteiger partial charge is 0.388 e. The summed E-state index contributed by atoms with van der Waals surface area (Å²) >= 11 is 5.68. The molecule has 0 aliphatic rings. The zero-order valence-electron chi connectivity index (χ0n) is 9.76. The number of hydrogen-bond donors (Lipinski definition) is 2. The van der Waals surface area contributed by atoms with Gasteiger partial charge in [-0.25, -0.2) is 4.39 Å². The molecule has 1 aromatic rings. The van der Waals surface area contributed by atoms with Crippen molar-refractivity contribution in [3.8, 4) is 0 Å². The second-order valence-electron chi connectivity index (χ2n) is 4.16. The van der Waals surface area contributed by atoms with Crippen LogP contribution in [0.2, 0.25) is 5.02 Å². The SMILES string of the molecule is CCC(C)(O)CNC(=O)c1cc(Cl)ccc1F. The predicted octanol–water partition coefficient (Wildman–Crippen LogP) is 2.37. The fourth-order valence-corrected chi connectivity index (χ4v) is 1.33. The molecule has 1 rings (SSSR count). The Morgan fingerprint density at radius 1 is 1.59 bits per heavy atom. The summed E-state index contributed by atoms with van der Waals surface area (Å²) in [7, 11) is 0. The highest BCUT2D eigenvalue weighted by molar-refractivity contribution is 6.30. The number of benzene rings is 1. The van der Waals surface area contributed by atoms with Gasteiger partial charge in [-0.1, -0.05) is 18.5 Å². The Morgan fingerprint density at radius 3 is 2.82 bits per heavy atom. The van der Waals surface area contributed by atoms with Gasteiger partial charge in [0.25, 0.3) is 5.91 Å². The van der Waals surface area contributed by atoms with E-state index in [2.05, 4.69) is 5.32 Å². The van der Waals surface area contributed by atoms with Crippen LogP contribution in [0.5, 0.6) is 0 Å². The monoisotopic (exact) mass is 259 g/mol. The quantitative estimate of drug-likeness (QED) is 0.872. The molecule has 94 valence electrons. The molecule has 3 nitrogen and oxygen atoms in total. The molecule has 0 saturated carbocycles. The van der Waals surface area contributed by atoms with E-state index in [-0.39, 0.29) is 12.1 Å². The number of amides is 1. The van der Waals surface area contributed by atoms with Gasteiger partial charge in [-0.3, -0.25) is 4.79 Å². The van der Waals surface area contributed by atoms with Crippen molar-refractivity contribution < 1.29 is 14.3 Å². The van der Waals surface area contributed by atoms with Crippen molar-refractivity contribution in [1.82, 2.24) is 5.32 Å². The predicted molar refractivity (Wildman–Crippen MR) is 64.7 cm³/mol. The number of rotatable bonds is 4. The lowest BCUT2D eigenvalue weighted by Gasteiger charge is -2.21. The molecular weight excluding hydrogens is 245 g/mol. The summed E-state index contributed by atoms with van der Waals surface area (Å²) in [6.07, 6.45) is 0.491. The van der Waals surface area contributed by atoms with E-state index in [4.69, 9.17) is 11.6 Å². The van der Waals surface area contributed by atoms with Gasteiger partial charge in [0.15, 0.2) is 0 Å². The summed E-state index contributed by atoms with van der Waals surface area (Å²) in [5.41, 5.74) is -1.12. The van der Waals surface area contributed by atoms with E-state index in [1.165, 1.54) is 12.1 Å². The second kappa shape index (κ2) is 5.47. The number of hydrogen-bond acceptors (Lipinski definition) is 2. The van der Waals surface area contributed by atoms with Crippen LogP contribution in [0.1, 0.15) is 30.6 Å². The van der Waals surface area contributed by atoms with E-state index < -0.39 is 17.3 Å². The smallest absolute Gasteiger partial charge is 0.254 e. The van der Waals surface area contributed by atoms with E-state index in [0.717, 1.165) is 6.07 Å². The van der Waals surface area contributed by atoms with Crippen LogP contribution in [0, 0.1) is 5.82 Å². The fourth-order valence-electron chi connectivity index (χ4n) is 1.16. The molecule has 1 amide bonds. The van der Waals surface area contributed by atoms with Crippen LogP contribution in [0.25, 0.3) is 0 Å². The van der Waals surface area contributed by atoms with Gasteiger partial charge in [-0.05, 0) is 31.5 Å². The number of halogens is 2. The van der Waals surface area contributed by atoms with Crippen LogP contribution in [-0.2, 0) is 0 Å². The molecule has 0 radical (unpaired) electrons. The van der Waals surface area contributed by atoms with Crippen molar-refractivity contribution in [3.05, 3.63) is 34.6 Å². The Bertz CT molecular complexity index is 421. The Morgan fingerprint density at radius 2 is 2.24 bits per heavy atom. The minimum Gasteiger partial charge on any atom is -0.388 e. The number of carbonyl (C=O) groups excluding carboxylic acids is 1. The van der Waals surface area contributed by atoms with Gasteiger partial charge in [0.05, 0.1) is 11.2 Å². The lowest BCUT2D eigenvalue weighted by molar-refractivity contribution is 0.0517. The van der Waals surface area contributed by atoms with Crippen LogP contribution < -0.4 is 5.32 Å². The number of aliphatic hydroxyl groups is 1. The molecule has 0 aliphatic heterocycles. The normalized spacial score (nSPS) is 14.2. The Balaban J connectivity index is 2.74. The van der Waals surface area contributed by atoms with Crippen LogP contribution >= 0.6 is 11.6 Å². The summed E-state index contributed by atoms with van der Waals surface area (Å²) in [6.45, 7) is 3.46. The minimum absolute atomic E-state index is 0.0638. The van der Waals surface area contributed by atoms with Crippen LogP contribution in [-0.4, -0.2) is 23.2 Å². The first-order chi connectivity index (χ1) is 7.85. The highest BCUT2D eigenvalue weighted by Gasteiger charge is 2.20. The fraction of sp³-hybridized carbons (Fsp3) is 0.417. The molecule has 0 aromatic heterocycles. The number of carbonyl (C=O) groups is 1. The maximum Gasteiger partial charge on any atom is 0.254 e. The lowest BCUT2D eigenvalue weighted by Crippen LogP contribution is -2.40. The van der Waals surface area contributed by atoms with Crippen LogP contribution in [0.15, 0.2) is 18.2 Å². The first-order valence-electron chi connectivity index (χ1n) is 5.31. The molecule has 17 heavy (non-hydrogen) atoms. The maximum atomic E-state index is 13.3. The first-order valence-corrected chi connectivity index (χ1v) is 5.69. The molecule has 5 heteroatoms. The summed E-state index contributed by atoms with van der Waals surface area (Å²) in [6, 6.07) is 3.76. The topological polar surface area (TPSA) is 49.3 Å². The molecule has 2 N–H and O–H groups in total. The van der Waals surface area contributed by atoms with Crippen LogP contribution in [0.3, 0.4) is 0 Å². The molecule has 1 atom stereocenters. The minimum atomic E-state index is -0.995. The van der Waals surface area contributed by atoms with Crippen molar-refractivity contribution in [3.63, 3.8) is 0 Å².